The highest BCUT2D eigenvalue weighted by molar-refractivity contribution is 6.09. The van der Waals surface area contributed by atoms with Crippen LogP contribution in [-0.4, -0.2) is 10.8 Å². The van der Waals surface area contributed by atoms with E-state index in [0.717, 1.165) is 47.3 Å². The van der Waals surface area contributed by atoms with Crippen LogP contribution in [0.25, 0.3) is 55.6 Å². The average Bonchev–Trinajstić information content (AvgIpc) is 1.57. The fraction of sp³-hybridized carbons (Fsp3) is 0.430. The van der Waals surface area contributed by atoms with Gasteiger partial charge in [0.25, 0.3) is 0 Å². The molecule has 0 aliphatic heterocycles. The Morgan fingerprint density at radius 3 is 1.12 bits per heavy atom. The Morgan fingerprint density at radius 1 is 0.365 bits per heavy atom. The standard InChI is InChI=1S/C93H114N2O/c1-9-14-18-22-26-30-56-92(57-31-27-23-19-15-10-2)86-61-69(7)38-52-82(86)83-54-44-74(66-88(83)92)76-62-77(64-78(63-76)91(96)90-35-34-60-94-90)75-45-55-85-84-53-43-73(65-87(84)93(89(85)67-75,58-32-28-24-20-16-11-3)59-33-29-25-21-17-12-4)72-41-50-81(51-42-72)95(79-46-36-68(6)37-47-79)80-48-39-71(40-49-80)70(8)13-5/h34-55,60-67,70,94H,9-33,56-59H2,1-8H3. The second kappa shape index (κ2) is 33.6. The number of aromatic amines is 1. The minimum atomic E-state index is -0.168. The van der Waals surface area contributed by atoms with Crippen molar-refractivity contribution in [3.05, 3.63) is 232 Å². The zero-order chi connectivity index (χ0) is 66.9. The van der Waals surface area contributed by atoms with E-state index in [1.54, 1.807) is 5.56 Å². The Hall–Kier alpha value is -7.49. The number of carbonyl (C=O) groups is 1. The molecule has 1 heterocycles. The number of unbranched alkanes of at least 4 members (excludes halogenated alkanes) is 20. The van der Waals surface area contributed by atoms with E-state index >= 15 is 0 Å². The highest BCUT2D eigenvalue weighted by atomic mass is 16.1. The van der Waals surface area contributed by atoms with Crippen molar-refractivity contribution in [2.75, 3.05) is 4.90 Å². The molecule has 2 aliphatic rings. The molecule has 2 aliphatic carbocycles. The Kier molecular flexibility index (Phi) is 24.5. The van der Waals surface area contributed by atoms with Crippen molar-refractivity contribution in [2.24, 2.45) is 0 Å². The summed E-state index contributed by atoms with van der Waals surface area (Å²) in [5, 5.41) is 0. The number of nitrogens with one attached hydrogen (secondary N) is 1. The summed E-state index contributed by atoms with van der Waals surface area (Å²) in [6.45, 7) is 18.4. The number of hydrogen-bond donors (Lipinski definition) is 1. The van der Waals surface area contributed by atoms with Gasteiger partial charge in [-0.15, -0.1) is 0 Å². The molecule has 0 spiro atoms. The zero-order valence-electron chi connectivity index (χ0n) is 60.3. The molecular weight excluding hydrogens is 1160 g/mol. The van der Waals surface area contributed by atoms with E-state index in [2.05, 4.69) is 229 Å². The van der Waals surface area contributed by atoms with Crippen LogP contribution in [0, 0.1) is 13.8 Å². The first kappa shape index (κ1) is 69.8. The zero-order valence-corrected chi connectivity index (χ0v) is 60.3. The summed E-state index contributed by atoms with van der Waals surface area (Å²) in [6, 6.07) is 68.0. The van der Waals surface area contributed by atoms with E-state index in [1.165, 1.54) is 251 Å². The van der Waals surface area contributed by atoms with Crippen LogP contribution in [0.2, 0.25) is 0 Å². The van der Waals surface area contributed by atoms with Crippen LogP contribution in [-0.2, 0) is 10.8 Å². The lowest BCUT2D eigenvalue weighted by atomic mass is 9.69. The number of benzene rings is 8. The van der Waals surface area contributed by atoms with E-state index in [9.17, 15) is 4.79 Å². The van der Waals surface area contributed by atoms with Crippen LogP contribution >= 0.6 is 0 Å². The van der Waals surface area contributed by atoms with Crippen molar-refractivity contribution in [1.82, 2.24) is 4.98 Å². The molecule has 1 aromatic heterocycles. The molecular formula is C93H114N2O. The van der Waals surface area contributed by atoms with E-state index in [-0.39, 0.29) is 16.6 Å². The number of rotatable bonds is 38. The van der Waals surface area contributed by atoms with Gasteiger partial charge < -0.3 is 9.88 Å². The van der Waals surface area contributed by atoms with Gasteiger partial charge in [-0.05, 0) is 220 Å². The molecule has 0 saturated heterocycles. The van der Waals surface area contributed by atoms with Crippen molar-refractivity contribution in [3.8, 4) is 55.6 Å². The second-order valence-electron chi connectivity index (χ2n) is 29.4. The lowest BCUT2D eigenvalue weighted by Crippen LogP contribution is -2.25. The maximum absolute atomic E-state index is 15.0. The fourth-order valence-electron chi connectivity index (χ4n) is 16.6. The molecule has 502 valence electrons. The molecule has 3 nitrogen and oxygen atoms in total. The van der Waals surface area contributed by atoms with Crippen LogP contribution in [0.4, 0.5) is 17.1 Å². The maximum atomic E-state index is 15.0. The molecule has 0 radical (unpaired) electrons. The molecule has 11 rings (SSSR count). The molecule has 0 amide bonds. The van der Waals surface area contributed by atoms with Crippen LogP contribution in [0.3, 0.4) is 0 Å². The van der Waals surface area contributed by atoms with Crippen molar-refractivity contribution < 1.29 is 4.79 Å². The quantitative estimate of drug-likeness (QED) is 0.0309. The number of aromatic nitrogens is 1. The Bertz CT molecular complexity index is 3900. The summed E-state index contributed by atoms with van der Waals surface area (Å²) in [7, 11) is 0. The molecule has 3 heteroatoms. The first-order valence-electron chi connectivity index (χ1n) is 38.5. The largest absolute Gasteiger partial charge is 0.359 e. The third kappa shape index (κ3) is 15.9. The molecule has 0 bridgehead atoms. The van der Waals surface area contributed by atoms with Gasteiger partial charge in [0.1, 0.15) is 0 Å². The van der Waals surface area contributed by atoms with E-state index in [4.69, 9.17) is 0 Å². The van der Waals surface area contributed by atoms with Crippen LogP contribution in [0.5, 0.6) is 0 Å². The Labute approximate surface area is 580 Å². The van der Waals surface area contributed by atoms with Gasteiger partial charge in [0.15, 0.2) is 0 Å². The molecule has 1 unspecified atom stereocenters. The topological polar surface area (TPSA) is 36.1 Å². The van der Waals surface area contributed by atoms with Crippen LogP contribution < -0.4 is 4.90 Å². The van der Waals surface area contributed by atoms with E-state index < -0.39 is 0 Å². The minimum Gasteiger partial charge on any atom is -0.359 e. The van der Waals surface area contributed by atoms with E-state index in [0.29, 0.717) is 11.6 Å². The van der Waals surface area contributed by atoms with Crippen LogP contribution in [0.15, 0.2) is 182 Å². The van der Waals surface area contributed by atoms with Gasteiger partial charge in [-0.25, -0.2) is 0 Å². The summed E-state index contributed by atoms with van der Waals surface area (Å²) in [4.78, 5) is 20.7. The highest BCUT2D eigenvalue weighted by Gasteiger charge is 2.44. The number of ketones is 1. The first-order valence-corrected chi connectivity index (χ1v) is 38.5. The van der Waals surface area contributed by atoms with Crippen molar-refractivity contribution in [1.29, 1.82) is 0 Å². The molecule has 1 atom stereocenters. The van der Waals surface area contributed by atoms with Crippen molar-refractivity contribution in [2.45, 2.75) is 258 Å². The molecule has 8 aromatic carbocycles. The minimum absolute atomic E-state index is 0.0286. The number of nitrogens with zero attached hydrogens (tertiary/aromatic N) is 1. The maximum Gasteiger partial charge on any atom is 0.209 e. The predicted octanol–water partition coefficient (Wildman–Crippen LogP) is 28.4. The van der Waals surface area contributed by atoms with Gasteiger partial charge in [0.05, 0.1) is 5.69 Å². The Morgan fingerprint density at radius 2 is 0.719 bits per heavy atom. The molecule has 0 saturated carbocycles. The summed E-state index contributed by atoms with van der Waals surface area (Å²) in [5.41, 5.74) is 27.3. The van der Waals surface area contributed by atoms with Gasteiger partial charge in [-0.1, -0.05) is 298 Å². The third-order valence-corrected chi connectivity index (χ3v) is 22.5. The third-order valence-electron chi connectivity index (χ3n) is 22.5. The lowest BCUT2D eigenvalue weighted by Gasteiger charge is -2.33. The van der Waals surface area contributed by atoms with E-state index in [1.807, 2.05) is 18.3 Å². The number of fused-ring (bicyclic) bond motifs is 6. The van der Waals surface area contributed by atoms with Gasteiger partial charge >= 0.3 is 0 Å². The molecule has 96 heavy (non-hydrogen) atoms. The average molecular weight is 1280 g/mol. The second-order valence-corrected chi connectivity index (χ2v) is 29.4. The van der Waals surface area contributed by atoms with Crippen molar-refractivity contribution in [3.63, 3.8) is 0 Å². The summed E-state index contributed by atoms with van der Waals surface area (Å²) in [5.74, 6) is 0.549. The molecule has 1 N–H and O–H groups in total. The Balaban J connectivity index is 1.01. The molecule has 9 aromatic rings. The monoisotopic (exact) mass is 1270 g/mol. The van der Waals surface area contributed by atoms with Crippen LogP contribution in [0.1, 0.15) is 289 Å². The smallest absolute Gasteiger partial charge is 0.209 e. The highest BCUT2D eigenvalue weighted by Crippen LogP contribution is 2.58. The number of carbonyl (C=O) groups excluding carboxylic acids is 1. The number of aryl methyl sites for hydroxylation is 2. The first-order chi connectivity index (χ1) is 47.0. The normalized spacial score (nSPS) is 13.5. The number of anilines is 3. The SMILES string of the molecule is CCCCCCCCC1(CCCCCCCC)c2cc(C)ccc2-c2ccc(-c3cc(C(=O)c4ccc[nH]4)cc(-c4ccc5c(c4)C(CCCCCCCC)(CCCCCCCC)c4cc(-c6ccc(N(c7ccc(C)cc7)c7ccc(C(C)CC)cc7)cc6)ccc4-5)c3)cc21. The summed E-state index contributed by atoms with van der Waals surface area (Å²) in [6.07, 6.45) is 38.3. The van der Waals surface area contributed by atoms with Gasteiger partial charge in [0, 0.05) is 39.7 Å². The van der Waals surface area contributed by atoms with Crippen molar-refractivity contribution >= 4 is 22.8 Å². The lowest BCUT2D eigenvalue weighted by molar-refractivity contribution is 0.103. The van der Waals surface area contributed by atoms with Gasteiger partial charge in [-0.2, -0.15) is 0 Å². The summed E-state index contributed by atoms with van der Waals surface area (Å²) < 4.78 is 0. The number of hydrogen-bond acceptors (Lipinski definition) is 2. The van der Waals surface area contributed by atoms with Gasteiger partial charge in [-0.3, -0.25) is 4.79 Å². The summed E-state index contributed by atoms with van der Waals surface area (Å²) >= 11 is 0. The van der Waals surface area contributed by atoms with Gasteiger partial charge in [0.2, 0.25) is 5.78 Å². The predicted molar refractivity (Wildman–Crippen MR) is 414 cm³/mol. The number of H-pyrrole nitrogens is 1. The fourth-order valence-corrected chi connectivity index (χ4v) is 16.6. The molecule has 0 fully saturated rings.